The Morgan fingerprint density at radius 3 is 2.38 bits per heavy atom. The van der Waals surface area contributed by atoms with Gasteiger partial charge in [0.05, 0.1) is 0 Å². The topological polar surface area (TPSA) is 50.4 Å². The second-order valence-electron chi connectivity index (χ2n) is 4.95. The molecular weight excluding hydrogens is 198 g/mol. The maximum absolute atomic E-state index is 5.77. The van der Waals surface area contributed by atoms with Crippen LogP contribution in [0.25, 0.3) is 0 Å². The monoisotopic (exact) mass is 225 g/mol. The summed E-state index contributed by atoms with van der Waals surface area (Å²) in [6, 6.07) is 0. The molecule has 0 bridgehead atoms. The highest BCUT2D eigenvalue weighted by Gasteiger charge is 2.19. The molecule has 1 aliphatic rings. The van der Waals surface area contributed by atoms with Crippen LogP contribution in [0.15, 0.2) is 4.99 Å². The molecule has 1 saturated carbocycles. The lowest BCUT2D eigenvalue weighted by Gasteiger charge is -2.26. The molecule has 0 unspecified atom stereocenters. The largest absolute Gasteiger partial charge is 0.370 e. The lowest BCUT2D eigenvalue weighted by Crippen LogP contribution is -2.33. The summed E-state index contributed by atoms with van der Waals surface area (Å²) in [6.45, 7) is 6.28. The molecule has 1 aliphatic carbocycles. The van der Waals surface area contributed by atoms with E-state index in [1.165, 1.54) is 32.1 Å². The SMILES string of the molecule is CCCNC(N)=NCC1CCC(CC)CC1. The fraction of sp³-hybridized carbons (Fsp3) is 0.923. The van der Waals surface area contributed by atoms with E-state index in [2.05, 4.69) is 24.2 Å². The van der Waals surface area contributed by atoms with Crippen molar-refractivity contribution in [1.82, 2.24) is 5.32 Å². The fourth-order valence-electron chi connectivity index (χ4n) is 2.36. The predicted octanol–water partition coefficient (Wildman–Crippen LogP) is 2.52. The van der Waals surface area contributed by atoms with Crippen molar-refractivity contribution >= 4 is 5.96 Å². The Hall–Kier alpha value is -0.730. The van der Waals surface area contributed by atoms with Gasteiger partial charge in [0.15, 0.2) is 5.96 Å². The molecule has 3 heteroatoms. The Bertz CT molecular complexity index is 205. The van der Waals surface area contributed by atoms with Gasteiger partial charge in [0, 0.05) is 13.1 Å². The maximum atomic E-state index is 5.77. The zero-order valence-electron chi connectivity index (χ0n) is 10.8. The molecule has 1 fully saturated rings. The Kier molecular flexibility index (Phi) is 6.27. The van der Waals surface area contributed by atoms with Crippen molar-refractivity contribution in [3.8, 4) is 0 Å². The molecule has 94 valence electrons. The zero-order chi connectivity index (χ0) is 11.8. The van der Waals surface area contributed by atoms with E-state index >= 15 is 0 Å². The van der Waals surface area contributed by atoms with Crippen LogP contribution in [0.5, 0.6) is 0 Å². The normalized spacial score (nSPS) is 26.8. The molecule has 0 amide bonds. The van der Waals surface area contributed by atoms with Crippen molar-refractivity contribution in [1.29, 1.82) is 0 Å². The van der Waals surface area contributed by atoms with Gasteiger partial charge in [-0.05, 0) is 31.1 Å². The molecule has 16 heavy (non-hydrogen) atoms. The van der Waals surface area contributed by atoms with Crippen LogP contribution in [-0.2, 0) is 0 Å². The molecule has 0 saturated heterocycles. The summed E-state index contributed by atoms with van der Waals surface area (Å²) >= 11 is 0. The Morgan fingerprint density at radius 2 is 1.81 bits per heavy atom. The minimum atomic E-state index is 0.625. The number of aliphatic imine (C=N–C) groups is 1. The molecule has 1 rings (SSSR count). The number of nitrogens with one attached hydrogen (secondary N) is 1. The van der Waals surface area contributed by atoms with Crippen LogP contribution >= 0.6 is 0 Å². The van der Waals surface area contributed by atoms with Gasteiger partial charge in [0.1, 0.15) is 0 Å². The van der Waals surface area contributed by atoms with Gasteiger partial charge in [-0.1, -0.05) is 33.1 Å². The third kappa shape index (κ3) is 4.86. The summed E-state index contributed by atoms with van der Waals surface area (Å²) in [6.07, 6.45) is 7.89. The zero-order valence-corrected chi connectivity index (χ0v) is 10.8. The number of hydrogen-bond acceptors (Lipinski definition) is 1. The molecule has 0 aromatic heterocycles. The molecule has 0 radical (unpaired) electrons. The van der Waals surface area contributed by atoms with Gasteiger partial charge < -0.3 is 11.1 Å². The van der Waals surface area contributed by atoms with Gasteiger partial charge in [-0.25, -0.2) is 0 Å². The van der Waals surface area contributed by atoms with Crippen LogP contribution < -0.4 is 11.1 Å². The van der Waals surface area contributed by atoms with Crippen LogP contribution in [0.3, 0.4) is 0 Å². The molecule has 0 aliphatic heterocycles. The van der Waals surface area contributed by atoms with Crippen LogP contribution in [-0.4, -0.2) is 19.0 Å². The minimum absolute atomic E-state index is 0.625. The van der Waals surface area contributed by atoms with E-state index in [1.54, 1.807) is 0 Å². The Morgan fingerprint density at radius 1 is 1.19 bits per heavy atom. The quantitative estimate of drug-likeness (QED) is 0.558. The van der Waals surface area contributed by atoms with Crippen LogP contribution in [0, 0.1) is 11.8 Å². The predicted molar refractivity (Wildman–Crippen MR) is 70.5 cm³/mol. The average Bonchev–Trinajstić information content (AvgIpc) is 2.34. The molecule has 0 atom stereocenters. The van der Waals surface area contributed by atoms with E-state index in [0.29, 0.717) is 5.96 Å². The van der Waals surface area contributed by atoms with Gasteiger partial charge >= 0.3 is 0 Å². The molecule has 0 aromatic rings. The smallest absolute Gasteiger partial charge is 0.188 e. The van der Waals surface area contributed by atoms with Crippen molar-refractivity contribution in [3.63, 3.8) is 0 Å². The van der Waals surface area contributed by atoms with Crippen LogP contribution in [0.4, 0.5) is 0 Å². The van der Waals surface area contributed by atoms with Gasteiger partial charge in [0.2, 0.25) is 0 Å². The summed E-state index contributed by atoms with van der Waals surface area (Å²) in [4.78, 5) is 4.42. The third-order valence-electron chi connectivity index (χ3n) is 3.62. The second kappa shape index (κ2) is 7.53. The van der Waals surface area contributed by atoms with E-state index in [4.69, 9.17) is 5.73 Å². The van der Waals surface area contributed by atoms with E-state index in [9.17, 15) is 0 Å². The van der Waals surface area contributed by atoms with Gasteiger partial charge in [-0.3, -0.25) is 4.99 Å². The molecule has 3 N–H and O–H groups in total. The molecule has 0 aromatic carbocycles. The van der Waals surface area contributed by atoms with Crippen molar-refractivity contribution in [2.45, 2.75) is 52.4 Å². The average molecular weight is 225 g/mol. The summed E-state index contributed by atoms with van der Waals surface area (Å²) < 4.78 is 0. The van der Waals surface area contributed by atoms with Gasteiger partial charge in [-0.2, -0.15) is 0 Å². The van der Waals surface area contributed by atoms with Gasteiger partial charge in [0.25, 0.3) is 0 Å². The van der Waals surface area contributed by atoms with E-state index < -0.39 is 0 Å². The number of nitrogens with two attached hydrogens (primary N) is 1. The van der Waals surface area contributed by atoms with Crippen molar-refractivity contribution in [2.75, 3.05) is 13.1 Å². The van der Waals surface area contributed by atoms with Gasteiger partial charge in [-0.15, -0.1) is 0 Å². The number of rotatable bonds is 5. The molecular formula is C13H27N3. The second-order valence-corrected chi connectivity index (χ2v) is 4.95. The van der Waals surface area contributed by atoms with Crippen molar-refractivity contribution in [2.24, 2.45) is 22.6 Å². The summed E-state index contributed by atoms with van der Waals surface area (Å²) in [7, 11) is 0. The number of nitrogens with zero attached hydrogens (tertiary/aromatic N) is 1. The first-order valence-electron chi connectivity index (χ1n) is 6.80. The third-order valence-corrected chi connectivity index (χ3v) is 3.62. The molecule has 3 nitrogen and oxygen atoms in total. The summed E-state index contributed by atoms with van der Waals surface area (Å²) in [5.41, 5.74) is 5.77. The lowest BCUT2D eigenvalue weighted by atomic mass is 9.81. The minimum Gasteiger partial charge on any atom is -0.370 e. The summed E-state index contributed by atoms with van der Waals surface area (Å²) in [5, 5.41) is 3.12. The lowest BCUT2D eigenvalue weighted by molar-refractivity contribution is 0.274. The standard InChI is InChI=1S/C13H27N3/c1-3-9-15-13(14)16-10-12-7-5-11(4-2)6-8-12/h11-12H,3-10H2,1-2H3,(H3,14,15,16). The van der Waals surface area contributed by atoms with Crippen molar-refractivity contribution < 1.29 is 0 Å². The first kappa shape index (κ1) is 13.3. The highest BCUT2D eigenvalue weighted by molar-refractivity contribution is 5.77. The fourth-order valence-corrected chi connectivity index (χ4v) is 2.36. The van der Waals surface area contributed by atoms with Crippen LogP contribution in [0.1, 0.15) is 52.4 Å². The number of guanidine groups is 1. The Balaban J connectivity index is 2.18. The first-order chi connectivity index (χ1) is 7.76. The number of hydrogen-bond donors (Lipinski definition) is 2. The highest BCUT2D eigenvalue weighted by atomic mass is 15.1. The van der Waals surface area contributed by atoms with E-state index in [1.807, 2.05) is 0 Å². The summed E-state index contributed by atoms with van der Waals surface area (Å²) in [5.74, 6) is 2.36. The van der Waals surface area contributed by atoms with E-state index in [0.717, 1.165) is 31.3 Å². The highest BCUT2D eigenvalue weighted by Crippen LogP contribution is 2.30. The molecule has 0 spiro atoms. The van der Waals surface area contributed by atoms with Crippen LogP contribution in [0.2, 0.25) is 0 Å². The maximum Gasteiger partial charge on any atom is 0.188 e. The van der Waals surface area contributed by atoms with Crippen molar-refractivity contribution in [3.05, 3.63) is 0 Å². The molecule has 0 heterocycles. The first-order valence-corrected chi connectivity index (χ1v) is 6.80. The van der Waals surface area contributed by atoms with E-state index in [-0.39, 0.29) is 0 Å². The Labute approximate surface area is 99.9 Å².